The molecule has 1 unspecified atom stereocenters. The second-order valence-electron chi connectivity index (χ2n) is 2.77. The molecule has 0 saturated carbocycles. The Morgan fingerprint density at radius 3 is 3.17 bits per heavy atom. The average molecular weight is 185 g/mol. The van der Waals surface area contributed by atoms with Crippen molar-refractivity contribution in [2.45, 2.75) is 19.4 Å². The van der Waals surface area contributed by atoms with Gasteiger partial charge in [-0.25, -0.2) is 4.98 Å². The van der Waals surface area contributed by atoms with Crippen LogP contribution >= 0.6 is 11.3 Å². The van der Waals surface area contributed by atoms with Gasteiger partial charge in [0, 0.05) is 37.1 Å². The number of thiazole rings is 1. The van der Waals surface area contributed by atoms with E-state index >= 15 is 0 Å². The maximum Gasteiger partial charge on any atom is 0.0937 e. The molecule has 0 amide bonds. The molecule has 1 atom stereocenters. The number of nitrogens with zero attached hydrogens (tertiary/aromatic N) is 1. The van der Waals surface area contributed by atoms with Gasteiger partial charge < -0.3 is 11.1 Å². The van der Waals surface area contributed by atoms with E-state index in [1.807, 2.05) is 11.6 Å². The molecule has 1 rings (SSSR count). The van der Waals surface area contributed by atoms with Crippen molar-refractivity contribution in [1.82, 2.24) is 10.3 Å². The van der Waals surface area contributed by atoms with Crippen molar-refractivity contribution >= 4 is 11.3 Å². The van der Waals surface area contributed by atoms with E-state index in [1.54, 1.807) is 11.3 Å². The van der Waals surface area contributed by atoms with Crippen LogP contribution in [-0.4, -0.2) is 24.1 Å². The Kier molecular flexibility index (Phi) is 4.21. The highest BCUT2D eigenvalue weighted by Crippen LogP contribution is 2.03. The maximum atomic E-state index is 5.46. The van der Waals surface area contributed by atoms with Crippen LogP contribution in [0.1, 0.15) is 11.9 Å². The van der Waals surface area contributed by atoms with Gasteiger partial charge in [0.2, 0.25) is 0 Å². The van der Waals surface area contributed by atoms with Gasteiger partial charge in [0.1, 0.15) is 0 Å². The summed E-state index contributed by atoms with van der Waals surface area (Å²) in [5.41, 5.74) is 5.46. The molecule has 0 aromatic carbocycles. The molecular weight excluding hydrogens is 170 g/mol. The molecule has 68 valence electrons. The highest BCUT2D eigenvalue weighted by Gasteiger charge is 1.98. The first-order valence-electron chi connectivity index (χ1n) is 4.14. The van der Waals surface area contributed by atoms with Gasteiger partial charge >= 0.3 is 0 Å². The Morgan fingerprint density at radius 2 is 2.58 bits per heavy atom. The topological polar surface area (TPSA) is 50.9 Å². The molecule has 0 bridgehead atoms. The predicted molar refractivity (Wildman–Crippen MR) is 52.3 cm³/mol. The Bertz CT molecular complexity index is 198. The molecule has 0 fully saturated rings. The number of hydrogen-bond acceptors (Lipinski definition) is 4. The van der Waals surface area contributed by atoms with Gasteiger partial charge in [0.15, 0.2) is 0 Å². The van der Waals surface area contributed by atoms with E-state index in [0.717, 1.165) is 13.0 Å². The van der Waals surface area contributed by atoms with E-state index < -0.39 is 0 Å². The van der Waals surface area contributed by atoms with Crippen molar-refractivity contribution in [2.24, 2.45) is 5.73 Å². The largest absolute Gasteiger partial charge is 0.329 e. The van der Waals surface area contributed by atoms with Crippen LogP contribution in [0.15, 0.2) is 11.6 Å². The molecule has 1 aromatic rings. The lowest BCUT2D eigenvalue weighted by atomic mass is 10.3. The average Bonchev–Trinajstić information content (AvgIpc) is 2.57. The number of nitrogens with one attached hydrogen (secondary N) is 1. The molecule has 1 aromatic heterocycles. The van der Waals surface area contributed by atoms with Crippen molar-refractivity contribution in [3.05, 3.63) is 16.6 Å². The second kappa shape index (κ2) is 5.24. The highest BCUT2D eigenvalue weighted by molar-refractivity contribution is 7.09. The monoisotopic (exact) mass is 185 g/mol. The van der Waals surface area contributed by atoms with Gasteiger partial charge in [-0.3, -0.25) is 0 Å². The fourth-order valence-corrected chi connectivity index (χ4v) is 1.51. The molecule has 12 heavy (non-hydrogen) atoms. The summed E-state index contributed by atoms with van der Waals surface area (Å²) in [4.78, 5) is 4.19. The number of hydrogen-bond donors (Lipinski definition) is 2. The minimum absolute atomic E-state index is 0.407. The lowest BCUT2D eigenvalue weighted by molar-refractivity contribution is 0.558. The fourth-order valence-electron chi connectivity index (χ4n) is 0.885. The zero-order chi connectivity index (χ0) is 8.81. The molecule has 1 heterocycles. The first-order chi connectivity index (χ1) is 5.83. The Hall–Kier alpha value is -0.450. The first kappa shape index (κ1) is 9.64. The fraction of sp³-hybridized carbons (Fsp3) is 0.625. The van der Waals surface area contributed by atoms with Crippen LogP contribution in [0.3, 0.4) is 0 Å². The quantitative estimate of drug-likeness (QED) is 0.707. The number of rotatable bonds is 5. The normalized spacial score (nSPS) is 13.2. The van der Waals surface area contributed by atoms with Crippen LogP contribution in [0, 0.1) is 0 Å². The van der Waals surface area contributed by atoms with Gasteiger partial charge in [-0.2, -0.15) is 0 Å². The van der Waals surface area contributed by atoms with Gasteiger partial charge in [0.25, 0.3) is 0 Å². The molecule has 3 nitrogen and oxygen atoms in total. The highest BCUT2D eigenvalue weighted by atomic mass is 32.1. The lowest BCUT2D eigenvalue weighted by Crippen LogP contribution is -2.34. The second-order valence-corrected chi connectivity index (χ2v) is 3.75. The van der Waals surface area contributed by atoms with Crippen molar-refractivity contribution in [3.8, 4) is 0 Å². The molecule has 3 N–H and O–H groups in total. The standard InChI is InChI=1S/C8H15N3S/c1-7(6-9)10-3-2-8-11-4-5-12-8/h4-5,7,10H,2-3,6,9H2,1H3. The van der Waals surface area contributed by atoms with Crippen molar-refractivity contribution in [2.75, 3.05) is 13.1 Å². The molecule has 0 aliphatic heterocycles. The molecular formula is C8H15N3S. The van der Waals surface area contributed by atoms with Gasteiger partial charge in [-0.15, -0.1) is 11.3 Å². The summed E-state index contributed by atoms with van der Waals surface area (Å²) in [6.45, 7) is 3.74. The zero-order valence-corrected chi connectivity index (χ0v) is 8.10. The first-order valence-corrected chi connectivity index (χ1v) is 5.02. The zero-order valence-electron chi connectivity index (χ0n) is 7.29. The van der Waals surface area contributed by atoms with Crippen LogP contribution in [-0.2, 0) is 6.42 Å². The van der Waals surface area contributed by atoms with Crippen molar-refractivity contribution in [3.63, 3.8) is 0 Å². The minimum atomic E-state index is 0.407. The Labute approximate surface area is 77.0 Å². The molecule has 4 heteroatoms. The van der Waals surface area contributed by atoms with E-state index in [2.05, 4.69) is 17.2 Å². The summed E-state index contributed by atoms with van der Waals surface area (Å²) < 4.78 is 0. The smallest absolute Gasteiger partial charge is 0.0937 e. The van der Waals surface area contributed by atoms with Crippen LogP contribution in [0.2, 0.25) is 0 Å². The molecule has 0 saturated heterocycles. The summed E-state index contributed by atoms with van der Waals surface area (Å²) in [7, 11) is 0. The van der Waals surface area contributed by atoms with Crippen LogP contribution in [0.5, 0.6) is 0 Å². The van der Waals surface area contributed by atoms with E-state index in [0.29, 0.717) is 12.6 Å². The van der Waals surface area contributed by atoms with Gasteiger partial charge in [0.05, 0.1) is 5.01 Å². The maximum absolute atomic E-state index is 5.46. The van der Waals surface area contributed by atoms with Crippen molar-refractivity contribution < 1.29 is 0 Å². The third-order valence-electron chi connectivity index (χ3n) is 1.67. The third-order valence-corrected chi connectivity index (χ3v) is 2.51. The van der Waals surface area contributed by atoms with Crippen LogP contribution in [0.4, 0.5) is 0 Å². The van der Waals surface area contributed by atoms with E-state index in [1.165, 1.54) is 5.01 Å². The molecule has 0 spiro atoms. The van der Waals surface area contributed by atoms with Crippen LogP contribution in [0.25, 0.3) is 0 Å². The Balaban J connectivity index is 2.11. The van der Waals surface area contributed by atoms with Crippen molar-refractivity contribution in [1.29, 1.82) is 0 Å². The van der Waals surface area contributed by atoms with E-state index in [9.17, 15) is 0 Å². The van der Waals surface area contributed by atoms with E-state index in [-0.39, 0.29) is 0 Å². The van der Waals surface area contributed by atoms with E-state index in [4.69, 9.17) is 5.73 Å². The van der Waals surface area contributed by atoms with Gasteiger partial charge in [-0.05, 0) is 6.92 Å². The Morgan fingerprint density at radius 1 is 1.75 bits per heavy atom. The third kappa shape index (κ3) is 3.30. The SMILES string of the molecule is CC(CN)NCCc1nccs1. The lowest BCUT2D eigenvalue weighted by Gasteiger charge is -2.09. The van der Waals surface area contributed by atoms with Gasteiger partial charge in [-0.1, -0.05) is 0 Å². The molecule has 0 aliphatic rings. The minimum Gasteiger partial charge on any atom is -0.329 e. The summed E-state index contributed by atoms with van der Waals surface area (Å²) in [5.74, 6) is 0. The van der Waals surface area contributed by atoms with Crippen LogP contribution < -0.4 is 11.1 Å². The summed E-state index contributed by atoms with van der Waals surface area (Å²) in [6.07, 6.45) is 2.84. The molecule has 0 radical (unpaired) electrons. The summed E-state index contributed by atoms with van der Waals surface area (Å²) >= 11 is 1.70. The summed E-state index contributed by atoms with van der Waals surface area (Å²) in [6, 6.07) is 0.407. The molecule has 0 aliphatic carbocycles. The predicted octanol–water partition coefficient (Wildman–Crippen LogP) is 0.622. The number of aromatic nitrogens is 1. The summed E-state index contributed by atoms with van der Waals surface area (Å²) in [5, 5.41) is 6.50. The number of nitrogens with two attached hydrogens (primary N) is 1.